The highest BCUT2D eigenvalue weighted by atomic mass is 32.1. The van der Waals surface area contributed by atoms with Gasteiger partial charge in [0.15, 0.2) is 0 Å². The Bertz CT molecular complexity index is 766. The molecule has 0 saturated carbocycles. The van der Waals surface area contributed by atoms with E-state index in [2.05, 4.69) is 11.9 Å². The number of rotatable bonds is 10. The maximum atomic E-state index is 12.7. The molecule has 0 amide bonds. The number of unbranched alkanes of at least 4 members (excludes halogenated alkanes) is 4. The molecule has 7 heteroatoms. The molecule has 2 rings (SSSR count). The van der Waals surface area contributed by atoms with Crippen LogP contribution in [0.2, 0.25) is 0 Å². The lowest BCUT2D eigenvalue weighted by Gasteiger charge is -2.05. The molecule has 6 nitrogen and oxygen atoms in total. The molecule has 0 aliphatic carbocycles. The molecular formula is C18H26N2O4S. The third kappa shape index (κ3) is 4.89. The summed E-state index contributed by atoms with van der Waals surface area (Å²) in [5.41, 5.74) is 0.574. The molecule has 2 heterocycles. The van der Waals surface area contributed by atoms with Crippen LogP contribution in [0.3, 0.4) is 0 Å². The van der Waals surface area contributed by atoms with Crippen LogP contribution in [0.25, 0.3) is 10.2 Å². The van der Waals surface area contributed by atoms with Crippen LogP contribution in [0.5, 0.6) is 0 Å². The minimum atomic E-state index is -0.428. The highest BCUT2D eigenvalue weighted by Crippen LogP contribution is 2.27. The molecule has 0 atom stereocenters. The predicted octanol–water partition coefficient (Wildman–Crippen LogP) is 3.54. The summed E-state index contributed by atoms with van der Waals surface area (Å²) in [4.78, 5) is 30.3. The first kappa shape index (κ1) is 19.6. The Hall–Kier alpha value is -1.73. The first-order chi connectivity index (χ1) is 12.1. The summed E-state index contributed by atoms with van der Waals surface area (Å²) < 4.78 is 11.7. The van der Waals surface area contributed by atoms with Gasteiger partial charge in [-0.2, -0.15) is 0 Å². The molecule has 2 aromatic heterocycles. The lowest BCUT2D eigenvalue weighted by molar-refractivity contribution is 0.0393. The average Bonchev–Trinajstić information content (AvgIpc) is 2.94. The van der Waals surface area contributed by atoms with Gasteiger partial charge in [-0.25, -0.2) is 9.78 Å². The van der Waals surface area contributed by atoms with E-state index >= 15 is 0 Å². The van der Waals surface area contributed by atoms with Crippen molar-refractivity contribution >= 4 is 27.5 Å². The fourth-order valence-electron chi connectivity index (χ4n) is 2.68. The number of aromatic nitrogens is 2. The first-order valence-electron chi connectivity index (χ1n) is 8.74. The summed E-state index contributed by atoms with van der Waals surface area (Å²) in [7, 11) is 1.55. The number of ether oxygens (including phenoxy) is 2. The number of carbonyl (C=O) groups excluding carboxylic acids is 1. The number of aryl methyl sites for hydroxylation is 2. The normalized spacial score (nSPS) is 11.2. The van der Waals surface area contributed by atoms with Gasteiger partial charge in [-0.3, -0.25) is 9.36 Å². The van der Waals surface area contributed by atoms with Crippen molar-refractivity contribution in [3.8, 4) is 0 Å². The number of methoxy groups -OCH3 is 1. The van der Waals surface area contributed by atoms with Crippen molar-refractivity contribution < 1.29 is 14.3 Å². The smallest absolute Gasteiger partial charge is 0.348 e. The molecule has 0 spiro atoms. The van der Waals surface area contributed by atoms with Crippen molar-refractivity contribution in [3.63, 3.8) is 0 Å². The quantitative estimate of drug-likeness (QED) is 0.475. The number of fused-ring (bicyclic) bond motifs is 1. The lowest BCUT2D eigenvalue weighted by atomic mass is 10.1. The monoisotopic (exact) mass is 366 g/mol. The van der Waals surface area contributed by atoms with Crippen LogP contribution in [0.15, 0.2) is 11.1 Å². The van der Waals surface area contributed by atoms with Crippen molar-refractivity contribution in [2.24, 2.45) is 0 Å². The summed E-state index contributed by atoms with van der Waals surface area (Å²) in [5, 5.41) is 0.528. The molecule has 138 valence electrons. The number of nitrogens with zero attached hydrogens (tertiary/aromatic N) is 2. The Morgan fingerprint density at radius 1 is 1.24 bits per heavy atom. The van der Waals surface area contributed by atoms with Gasteiger partial charge in [0.2, 0.25) is 0 Å². The molecule has 0 fully saturated rings. The topological polar surface area (TPSA) is 70.4 Å². The third-order valence-corrected chi connectivity index (χ3v) is 5.31. The second kappa shape index (κ2) is 9.68. The van der Waals surface area contributed by atoms with Crippen LogP contribution in [-0.4, -0.2) is 35.8 Å². The molecular weight excluding hydrogens is 340 g/mol. The van der Waals surface area contributed by atoms with Crippen LogP contribution in [-0.2, 0) is 16.0 Å². The lowest BCUT2D eigenvalue weighted by Crippen LogP contribution is -2.20. The van der Waals surface area contributed by atoms with E-state index in [0.29, 0.717) is 33.8 Å². The van der Waals surface area contributed by atoms with Crippen molar-refractivity contribution in [3.05, 3.63) is 27.1 Å². The highest BCUT2D eigenvalue weighted by Gasteiger charge is 2.20. The minimum Gasteiger partial charge on any atom is -0.459 e. The van der Waals surface area contributed by atoms with Crippen molar-refractivity contribution in [2.45, 2.75) is 52.5 Å². The van der Waals surface area contributed by atoms with Gasteiger partial charge in [-0.15, -0.1) is 11.3 Å². The van der Waals surface area contributed by atoms with E-state index in [-0.39, 0.29) is 12.2 Å². The summed E-state index contributed by atoms with van der Waals surface area (Å²) in [6.45, 7) is 5.16. The molecule has 0 bridgehead atoms. The highest BCUT2D eigenvalue weighted by molar-refractivity contribution is 7.20. The Morgan fingerprint density at radius 2 is 2.00 bits per heavy atom. The second-order valence-electron chi connectivity index (χ2n) is 6.02. The molecule has 0 aliphatic rings. The van der Waals surface area contributed by atoms with E-state index in [0.717, 1.165) is 12.8 Å². The molecule has 0 N–H and O–H groups in total. The van der Waals surface area contributed by atoms with E-state index in [1.54, 1.807) is 24.9 Å². The zero-order chi connectivity index (χ0) is 18.2. The number of carbonyl (C=O) groups is 1. The van der Waals surface area contributed by atoms with Gasteiger partial charge in [-0.1, -0.05) is 32.6 Å². The molecule has 25 heavy (non-hydrogen) atoms. The predicted molar refractivity (Wildman–Crippen MR) is 99.5 cm³/mol. The zero-order valence-electron chi connectivity index (χ0n) is 15.2. The largest absolute Gasteiger partial charge is 0.459 e. The molecule has 0 aromatic carbocycles. The van der Waals surface area contributed by atoms with E-state index in [1.807, 2.05) is 0 Å². The minimum absolute atomic E-state index is 0.0785. The van der Waals surface area contributed by atoms with Crippen LogP contribution in [0, 0.1) is 6.92 Å². The van der Waals surface area contributed by atoms with Gasteiger partial charge in [-0.05, 0) is 18.9 Å². The molecule has 2 aromatic rings. The average molecular weight is 366 g/mol. The Labute approximate surface area is 151 Å². The molecule has 0 aliphatic heterocycles. The fourth-order valence-corrected chi connectivity index (χ4v) is 3.72. The van der Waals surface area contributed by atoms with Gasteiger partial charge in [0.25, 0.3) is 5.56 Å². The molecule has 0 unspecified atom stereocenters. The van der Waals surface area contributed by atoms with Crippen molar-refractivity contribution in [1.82, 2.24) is 9.55 Å². The SMILES string of the molecule is CCCCCCCn1cnc2sc(C(=O)OCCOC)c(C)c2c1=O. The van der Waals surface area contributed by atoms with E-state index in [4.69, 9.17) is 9.47 Å². The maximum Gasteiger partial charge on any atom is 0.348 e. The Morgan fingerprint density at radius 3 is 2.72 bits per heavy atom. The van der Waals surface area contributed by atoms with Gasteiger partial charge in [0.05, 0.1) is 18.3 Å². The van der Waals surface area contributed by atoms with Gasteiger partial charge in [0, 0.05) is 13.7 Å². The maximum absolute atomic E-state index is 12.7. The number of hydrogen-bond acceptors (Lipinski definition) is 6. The van der Waals surface area contributed by atoms with Gasteiger partial charge in [0.1, 0.15) is 16.3 Å². The number of esters is 1. The Kier molecular flexibility index (Phi) is 7.58. The van der Waals surface area contributed by atoms with E-state index in [1.165, 1.54) is 30.6 Å². The zero-order valence-corrected chi connectivity index (χ0v) is 16.0. The molecule has 0 saturated heterocycles. The summed E-state index contributed by atoms with van der Waals surface area (Å²) >= 11 is 1.21. The number of thiophene rings is 1. The fraction of sp³-hybridized carbons (Fsp3) is 0.611. The van der Waals surface area contributed by atoms with Gasteiger partial charge < -0.3 is 9.47 Å². The standard InChI is InChI=1S/C18H26N2O4S/c1-4-5-6-7-8-9-20-12-19-16-14(17(20)21)13(2)15(25-16)18(22)24-11-10-23-3/h12H,4-11H2,1-3H3. The molecule has 0 radical (unpaired) electrons. The summed E-state index contributed by atoms with van der Waals surface area (Å²) in [6.07, 6.45) is 7.27. The Balaban J connectivity index is 2.15. The summed E-state index contributed by atoms with van der Waals surface area (Å²) in [5.74, 6) is -0.428. The van der Waals surface area contributed by atoms with Crippen LogP contribution < -0.4 is 5.56 Å². The van der Waals surface area contributed by atoms with Crippen molar-refractivity contribution in [1.29, 1.82) is 0 Å². The van der Waals surface area contributed by atoms with Crippen LogP contribution in [0.4, 0.5) is 0 Å². The van der Waals surface area contributed by atoms with Gasteiger partial charge >= 0.3 is 5.97 Å². The van der Waals surface area contributed by atoms with E-state index in [9.17, 15) is 9.59 Å². The second-order valence-corrected chi connectivity index (χ2v) is 7.02. The van der Waals surface area contributed by atoms with Crippen molar-refractivity contribution in [2.75, 3.05) is 20.3 Å². The van der Waals surface area contributed by atoms with E-state index < -0.39 is 5.97 Å². The summed E-state index contributed by atoms with van der Waals surface area (Å²) in [6, 6.07) is 0. The first-order valence-corrected chi connectivity index (χ1v) is 9.56. The number of hydrogen-bond donors (Lipinski definition) is 0. The van der Waals surface area contributed by atoms with Crippen LogP contribution >= 0.6 is 11.3 Å². The van der Waals surface area contributed by atoms with Crippen LogP contribution in [0.1, 0.15) is 54.3 Å². The third-order valence-electron chi connectivity index (χ3n) is 4.13.